The Balaban J connectivity index is 1.44. The van der Waals surface area contributed by atoms with Gasteiger partial charge in [-0.2, -0.15) is 5.26 Å². The van der Waals surface area contributed by atoms with Gasteiger partial charge in [0.1, 0.15) is 0 Å². The van der Waals surface area contributed by atoms with E-state index < -0.39 is 14.4 Å². The van der Waals surface area contributed by atoms with Crippen molar-refractivity contribution >= 4 is 25.6 Å². The number of oxime groups is 1. The van der Waals surface area contributed by atoms with Gasteiger partial charge in [0.15, 0.2) is 0 Å². The second kappa shape index (κ2) is 10.4. The topological polar surface area (TPSA) is 96.6 Å². The van der Waals surface area contributed by atoms with E-state index in [0.29, 0.717) is 23.9 Å². The fraction of sp³-hybridized carbons (Fsp3) is 0.231. The van der Waals surface area contributed by atoms with Crippen molar-refractivity contribution in [3.8, 4) is 6.07 Å². The summed E-state index contributed by atoms with van der Waals surface area (Å²) in [5.74, 6) is -0.256. The van der Waals surface area contributed by atoms with Gasteiger partial charge in [-0.3, -0.25) is 9.78 Å². The summed E-state index contributed by atoms with van der Waals surface area (Å²) in [6, 6.07) is 23.9. The number of carbonyl (C=O) groups is 1. The highest BCUT2D eigenvalue weighted by atomic mass is 28.4. The number of anilines is 1. The number of carbonyl (C=O) groups excluding carboxylic acids is 1. The summed E-state index contributed by atoms with van der Waals surface area (Å²) in [4.78, 5) is 22.2. The molecule has 0 bridgehead atoms. The summed E-state index contributed by atoms with van der Waals surface area (Å²) in [6.07, 6.45) is 2.81. The molecule has 1 aliphatic heterocycles. The van der Waals surface area contributed by atoms with Gasteiger partial charge >= 0.3 is 0 Å². The van der Waals surface area contributed by atoms with E-state index in [-0.39, 0.29) is 12.0 Å². The van der Waals surface area contributed by atoms with Gasteiger partial charge in [0.2, 0.25) is 14.4 Å². The Labute approximate surface area is 200 Å². The third-order valence-corrected chi connectivity index (χ3v) is 7.36. The fourth-order valence-electron chi connectivity index (χ4n) is 3.69. The first-order valence-corrected chi connectivity index (χ1v) is 14.2. The molecular formula is C26H26N4O3Si. The van der Waals surface area contributed by atoms with Crippen LogP contribution in [-0.2, 0) is 14.1 Å². The van der Waals surface area contributed by atoms with Crippen molar-refractivity contribution in [2.45, 2.75) is 37.8 Å². The van der Waals surface area contributed by atoms with Crippen molar-refractivity contribution in [1.29, 1.82) is 5.26 Å². The molecular weight excluding hydrogens is 444 g/mol. The maximum atomic E-state index is 12.7. The molecule has 3 aromatic rings. The van der Waals surface area contributed by atoms with Crippen LogP contribution in [0.3, 0.4) is 0 Å². The Morgan fingerprint density at radius 3 is 2.56 bits per heavy atom. The Kier molecular flexibility index (Phi) is 7.16. The molecule has 7 nitrogen and oxygen atoms in total. The minimum absolute atomic E-state index is 0.256. The normalized spacial score (nSPS) is 16.1. The van der Waals surface area contributed by atoms with Crippen LogP contribution in [0.15, 0.2) is 84.3 Å². The third-order valence-electron chi connectivity index (χ3n) is 5.48. The van der Waals surface area contributed by atoms with E-state index in [9.17, 15) is 10.1 Å². The Bertz CT molecular complexity index is 1190. The molecule has 0 aliphatic carbocycles. The largest absolute Gasteiger partial charge is 0.405 e. The molecule has 4 rings (SSSR count). The van der Waals surface area contributed by atoms with Crippen LogP contribution in [0.4, 0.5) is 5.69 Å². The van der Waals surface area contributed by atoms with E-state index in [1.54, 1.807) is 12.4 Å². The number of nitrogens with zero attached hydrogens (tertiary/aromatic N) is 3. The van der Waals surface area contributed by atoms with E-state index in [1.165, 1.54) is 0 Å². The van der Waals surface area contributed by atoms with Gasteiger partial charge in [-0.15, -0.1) is 0 Å². The molecule has 34 heavy (non-hydrogen) atoms. The van der Waals surface area contributed by atoms with E-state index >= 15 is 0 Å². The monoisotopic (exact) mass is 470 g/mol. The highest BCUT2D eigenvalue weighted by Crippen LogP contribution is 2.31. The van der Waals surface area contributed by atoms with Crippen molar-refractivity contribution in [3.63, 3.8) is 0 Å². The summed E-state index contributed by atoms with van der Waals surface area (Å²) >= 11 is 0. The molecule has 0 spiro atoms. The SMILES string of the molecule is C[Si](C)(CC#N)OC(c1ccccc1)c1ccc(NC(=O)C2CC(c3cccnc3)=NO2)cc1. The molecule has 0 saturated carbocycles. The van der Waals surface area contributed by atoms with Crippen LogP contribution >= 0.6 is 0 Å². The number of nitriles is 1. The Hall–Kier alpha value is -3.80. The van der Waals surface area contributed by atoms with E-state index in [2.05, 4.69) is 21.5 Å². The number of hydrogen-bond acceptors (Lipinski definition) is 6. The number of amides is 1. The van der Waals surface area contributed by atoms with Crippen LogP contribution in [0, 0.1) is 11.3 Å². The summed E-state index contributed by atoms with van der Waals surface area (Å²) in [5, 5.41) is 16.1. The molecule has 8 heteroatoms. The summed E-state index contributed by atoms with van der Waals surface area (Å²) in [7, 11) is -2.19. The van der Waals surface area contributed by atoms with Crippen LogP contribution in [-0.4, -0.2) is 31.0 Å². The van der Waals surface area contributed by atoms with Crippen LogP contribution in [0.25, 0.3) is 0 Å². The molecule has 2 heterocycles. The average molecular weight is 471 g/mol. The minimum atomic E-state index is -2.19. The van der Waals surface area contributed by atoms with E-state index in [1.807, 2.05) is 79.8 Å². The van der Waals surface area contributed by atoms with Crippen molar-refractivity contribution in [2.24, 2.45) is 5.16 Å². The molecule has 0 saturated heterocycles. The van der Waals surface area contributed by atoms with Crippen LogP contribution < -0.4 is 5.32 Å². The lowest BCUT2D eigenvalue weighted by atomic mass is 10.0. The predicted molar refractivity (Wildman–Crippen MR) is 133 cm³/mol. The van der Waals surface area contributed by atoms with Gasteiger partial charge in [-0.25, -0.2) is 0 Å². The number of aromatic nitrogens is 1. The van der Waals surface area contributed by atoms with Gasteiger partial charge in [-0.05, 0) is 48.5 Å². The number of pyridine rings is 1. The molecule has 2 aromatic carbocycles. The Morgan fingerprint density at radius 1 is 1.15 bits per heavy atom. The lowest BCUT2D eigenvalue weighted by Gasteiger charge is -2.28. The molecule has 1 amide bonds. The predicted octanol–water partition coefficient (Wildman–Crippen LogP) is 5.05. The summed E-state index contributed by atoms with van der Waals surface area (Å²) < 4.78 is 6.50. The van der Waals surface area contributed by atoms with Gasteiger partial charge in [0, 0.05) is 30.1 Å². The third kappa shape index (κ3) is 5.76. The average Bonchev–Trinajstić information content (AvgIpc) is 3.35. The molecule has 1 aromatic heterocycles. The number of benzene rings is 2. The second-order valence-electron chi connectivity index (χ2n) is 8.69. The summed E-state index contributed by atoms with van der Waals surface area (Å²) in [6.45, 7) is 4.09. The minimum Gasteiger partial charge on any atom is -0.405 e. The molecule has 2 atom stereocenters. The van der Waals surface area contributed by atoms with Crippen molar-refractivity contribution in [1.82, 2.24) is 4.98 Å². The fourth-order valence-corrected chi connectivity index (χ4v) is 5.07. The maximum Gasteiger partial charge on any atom is 0.268 e. The first-order chi connectivity index (χ1) is 16.4. The van der Waals surface area contributed by atoms with Gasteiger partial charge in [0.05, 0.1) is 23.9 Å². The smallest absolute Gasteiger partial charge is 0.268 e. The van der Waals surface area contributed by atoms with Gasteiger partial charge in [-0.1, -0.05) is 47.6 Å². The molecule has 2 unspecified atom stereocenters. The highest BCUT2D eigenvalue weighted by molar-refractivity contribution is 6.71. The van der Waals surface area contributed by atoms with Crippen molar-refractivity contribution < 1.29 is 14.1 Å². The quantitative estimate of drug-likeness (QED) is 0.465. The zero-order valence-corrected chi connectivity index (χ0v) is 20.1. The Morgan fingerprint density at radius 2 is 1.88 bits per heavy atom. The van der Waals surface area contributed by atoms with Crippen LogP contribution in [0.5, 0.6) is 0 Å². The first-order valence-electron chi connectivity index (χ1n) is 11.1. The molecule has 1 aliphatic rings. The standard InChI is InChI=1S/C26H26N4O3Si/c1-34(2,16-14-27)33-25(19-7-4-3-5-8-19)20-10-12-22(13-11-20)29-26(31)24-17-23(30-32-24)21-9-6-15-28-18-21/h3-13,15,18,24-25H,16-17H2,1-2H3,(H,29,31). The number of rotatable bonds is 8. The highest BCUT2D eigenvalue weighted by Gasteiger charge is 2.30. The molecule has 0 radical (unpaired) electrons. The molecule has 0 fully saturated rings. The molecule has 172 valence electrons. The first kappa shape index (κ1) is 23.4. The van der Waals surface area contributed by atoms with Gasteiger partial charge < -0.3 is 14.6 Å². The van der Waals surface area contributed by atoms with Crippen LogP contribution in [0.1, 0.15) is 29.2 Å². The number of nitrogens with one attached hydrogen (secondary N) is 1. The molecule has 1 N–H and O–H groups in total. The van der Waals surface area contributed by atoms with E-state index in [4.69, 9.17) is 9.26 Å². The van der Waals surface area contributed by atoms with E-state index in [0.717, 1.165) is 16.7 Å². The lowest BCUT2D eigenvalue weighted by Crippen LogP contribution is -2.32. The van der Waals surface area contributed by atoms with Crippen molar-refractivity contribution in [3.05, 3.63) is 95.8 Å². The number of hydrogen-bond donors (Lipinski definition) is 1. The maximum absolute atomic E-state index is 12.7. The van der Waals surface area contributed by atoms with Crippen LogP contribution in [0.2, 0.25) is 19.1 Å². The lowest BCUT2D eigenvalue weighted by molar-refractivity contribution is -0.125. The summed E-state index contributed by atoms with van der Waals surface area (Å²) in [5.41, 5.74) is 4.19. The zero-order chi connectivity index (χ0) is 24.0. The van der Waals surface area contributed by atoms with Gasteiger partial charge in [0.25, 0.3) is 5.91 Å². The second-order valence-corrected chi connectivity index (χ2v) is 12.8. The van der Waals surface area contributed by atoms with Crippen molar-refractivity contribution in [2.75, 3.05) is 5.32 Å². The zero-order valence-electron chi connectivity index (χ0n) is 19.1.